The summed E-state index contributed by atoms with van der Waals surface area (Å²) in [6, 6.07) is 12.1. The third-order valence-corrected chi connectivity index (χ3v) is 3.14. The minimum absolute atomic E-state index is 0.707. The minimum Gasteiger partial charge on any atom is -0.380 e. The predicted octanol–water partition coefficient (Wildman–Crippen LogP) is 3.53. The van der Waals surface area contributed by atoms with Gasteiger partial charge in [0.25, 0.3) is 0 Å². The van der Waals surface area contributed by atoms with Gasteiger partial charge in [-0.1, -0.05) is 36.4 Å². The van der Waals surface area contributed by atoms with E-state index in [2.05, 4.69) is 27.1 Å². The Labute approximate surface area is 117 Å². The first-order chi connectivity index (χ1) is 9.79. The van der Waals surface area contributed by atoms with E-state index in [4.69, 9.17) is 0 Å². The lowest BCUT2D eigenvalue weighted by atomic mass is 10.1. The molecular formula is C16H16N4. The molecule has 0 aliphatic carbocycles. The molecule has 0 bridgehead atoms. The topological polar surface area (TPSA) is 53.6 Å². The van der Waals surface area contributed by atoms with Gasteiger partial charge in [-0.25, -0.2) is 4.98 Å². The van der Waals surface area contributed by atoms with Gasteiger partial charge in [-0.15, -0.1) is 6.58 Å². The van der Waals surface area contributed by atoms with E-state index in [1.54, 1.807) is 0 Å². The van der Waals surface area contributed by atoms with Crippen molar-refractivity contribution in [2.45, 2.75) is 6.92 Å². The van der Waals surface area contributed by atoms with E-state index in [0.29, 0.717) is 6.54 Å². The van der Waals surface area contributed by atoms with Gasteiger partial charge in [0.15, 0.2) is 0 Å². The van der Waals surface area contributed by atoms with Gasteiger partial charge in [-0.3, -0.25) is 5.10 Å². The summed E-state index contributed by atoms with van der Waals surface area (Å²) in [6.07, 6.45) is 1.83. The molecule has 1 aromatic carbocycles. The molecule has 3 rings (SSSR count). The summed E-state index contributed by atoms with van der Waals surface area (Å²) in [6.45, 7) is 6.42. The Morgan fingerprint density at radius 1 is 1.30 bits per heavy atom. The number of aryl methyl sites for hydroxylation is 1. The number of rotatable bonds is 4. The lowest BCUT2D eigenvalue weighted by Gasteiger charge is -2.06. The first kappa shape index (κ1) is 12.4. The number of fused-ring (bicyclic) bond motifs is 1. The molecular weight excluding hydrogens is 248 g/mol. The second-order valence-corrected chi connectivity index (χ2v) is 4.64. The van der Waals surface area contributed by atoms with E-state index >= 15 is 0 Å². The summed E-state index contributed by atoms with van der Waals surface area (Å²) in [7, 11) is 0. The van der Waals surface area contributed by atoms with Gasteiger partial charge in [0.05, 0.1) is 5.69 Å². The Morgan fingerprint density at radius 2 is 2.10 bits per heavy atom. The summed E-state index contributed by atoms with van der Waals surface area (Å²) in [5.41, 5.74) is 5.72. The van der Waals surface area contributed by atoms with Crippen molar-refractivity contribution >= 4 is 16.7 Å². The number of nitrogens with zero attached hydrogens (tertiary/aromatic N) is 2. The average molecular weight is 264 g/mol. The number of aromatic nitrogens is 3. The average Bonchev–Trinajstić information content (AvgIpc) is 2.89. The maximum atomic E-state index is 4.62. The molecule has 4 heteroatoms. The normalized spacial score (nSPS) is 10.7. The fourth-order valence-electron chi connectivity index (χ4n) is 2.24. The second kappa shape index (κ2) is 5.17. The highest BCUT2D eigenvalue weighted by Crippen LogP contribution is 2.29. The largest absolute Gasteiger partial charge is 0.380 e. The summed E-state index contributed by atoms with van der Waals surface area (Å²) in [4.78, 5) is 4.62. The predicted molar refractivity (Wildman–Crippen MR) is 82.7 cm³/mol. The van der Waals surface area contributed by atoms with Crippen LogP contribution in [0.25, 0.3) is 22.3 Å². The quantitative estimate of drug-likeness (QED) is 0.709. The third-order valence-electron chi connectivity index (χ3n) is 3.14. The lowest BCUT2D eigenvalue weighted by molar-refractivity contribution is 1.12. The highest BCUT2D eigenvalue weighted by molar-refractivity contribution is 5.96. The van der Waals surface area contributed by atoms with Crippen LogP contribution in [0.15, 0.2) is 49.1 Å². The number of benzene rings is 1. The summed E-state index contributed by atoms with van der Waals surface area (Å²) >= 11 is 0. The number of H-pyrrole nitrogens is 1. The summed E-state index contributed by atoms with van der Waals surface area (Å²) < 4.78 is 0. The van der Waals surface area contributed by atoms with E-state index in [1.807, 2.05) is 49.4 Å². The molecule has 0 saturated carbocycles. The molecule has 0 fully saturated rings. The molecule has 0 unspecified atom stereocenters. The monoisotopic (exact) mass is 264 g/mol. The number of pyridine rings is 1. The van der Waals surface area contributed by atoms with Gasteiger partial charge in [0, 0.05) is 17.8 Å². The van der Waals surface area contributed by atoms with E-state index in [9.17, 15) is 0 Å². The Bertz CT molecular complexity index is 744. The minimum atomic E-state index is 0.707. The smallest absolute Gasteiger partial charge is 0.118 e. The van der Waals surface area contributed by atoms with Crippen molar-refractivity contribution in [3.05, 3.63) is 54.7 Å². The van der Waals surface area contributed by atoms with Gasteiger partial charge in [-0.2, -0.15) is 5.10 Å². The van der Waals surface area contributed by atoms with Crippen LogP contribution in [0.2, 0.25) is 0 Å². The molecule has 100 valence electrons. The Hall–Kier alpha value is -2.62. The fourth-order valence-corrected chi connectivity index (χ4v) is 2.24. The molecule has 2 heterocycles. The third kappa shape index (κ3) is 2.16. The van der Waals surface area contributed by atoms with Crippen molar-refractivity contribution in [3.63, 3.8) is 0 Å². The molecule has 0 radical (unpaired) electrons. The number of hydrogen-bond donors (Lipinski definition) is 2. The maximum absolute atomic E-state index is 4.62. The van der Waals surface area contributed by atoms with Gasteiger partial charge < -0.3 is 5.32 Å². The van der Waals surface area contributed by atoms with Crippen LogP contribution in [-0.2, 0) is 0 Å². The molecule has 2 N–H and O–H groups in total. The van der Waals surface area contributed by atoms with E-state index in [1.165, 1.54) is 0 Å². The zero-order chi connectivity index (χ0) is 13.9. The number of aromatic amines is 1. The van der Waals surface area contributed by atoms with Gasteiger partial charge in [0.2, 0.25) is 0 Å². The van der Waals surface area contributed by atoms with Crippen molar-refractivity contribution in [2.75, 3.05) is 11.9 Å². The first-order valence-corrected chi connectivity index (χ1v) is 6.55. The van der Waals surface area contributed by atoms with Crippen LogP contribution in [-0.4, -0.2) is 21.7 Å². The highest BCUT2D eigenvalue weighted by Gasteiger charge is 2.13. The van der Waals surface area contributed by atoms with E-state index in [0.717, 1.165) is 33.7 Å². The van der Waals surface area contributed by atoms with Crippen LogP contribution < -0.4 is 5.32 Å². The fraction of sp³-hybridized carbons (Fsp3) is 0.125. The lowest BCUT2D eigenvalue weighted by Crippen LogP contribution is -2.00. The molecule has 4 nitrogen and oxygen atoms in total. The molecule has 0 spiro atoms. The zero-order valence-corrected chi connectivity index (χ0v) is 11.4. The van der Waals surface area contributed by atoms with Crippen molar-refractivity contribution in [1.29, 1.82) is 0 Å². The Morgan fingerprint density at radius 3 is 2.85 bits per heavy atom. The van der Waals surface area contributed by atoms with Crippen molar-refractivity contribution in [2.24, 2.45) is 0 Å². The molecule has 0 aliphatic rings. The van der Waals surface area contributed by atoms with Gasteiger partial charge >= 0.3 is 0 Å². The van der Waals surface area contributed by atoms with Gasteiger partial charge in [-0.05, 0) is 13.0 Å². The summed E-state index contributed by atoms with van der Waals surface area (Å²) in [5, 5.41) is 10.8. The molecule has 0 aliphatic heterocycles. The maximum Gasteiger partial charge on any atom is 0.118 e. The molecule has 0 atom stereocenters. The molecule has 2 aromatic heterocycles. The second-order valence-electron chi connectivity index (χ2n) is 4.64. The van der Waals surface area contributed by atoms with Crippen LogP contribution in [0.3, 0.4) is 0 Å². The van der Waals surface area contributed by atoms with Crippen molar-refractivity contribution in [3.8, 4) is 11.3 Å². The summed E-state index contributed by atoms with van der Waals surface area (Å²) in [5.74, 6) is 0. The zero-order valence-electron chi connectivity index (χ0n) is 11.4. The van der Waals surface area contributed by atoms with Crippen LogP contribution in [0.1, 0.15) is 5.69 Å². The van der Waals surface area contributed by atoms with E-state index < -0.39 is 0 Å². The SMILES string of the molecule is C=CCNc1cc(C)nc2c(-c3ccccc3)n[nH]c12. The van der Waals surface area contributed by atoms with Crippen LogP contribution in [0.4, 0.5) is 5.69 Å². The molecule has 20 heavy (non-hydrogen) atoms. The molecule has 0 saturated heterocycles. The van der Waals surface area contributed by atoms with Crippen molar-refractivity contribution < 1.29 is 0 Å². The first-order valence-electron chi connectivity index (χ1n) is 6.55. The Balaban J connectivity index is 2.17. The van der Waals surface area contributed by atoms with Gasteiger partial charge in [0.1, 0.15) is 16.7 Å². The highest BCUT2D eigenvalue weighted by atomic mass is 15.1. The number of hydrogen-bond acceptors (Lipinski definition) is 3. The Kier molecular flexibility index (Phi) is 3.21. The molecule has 3 aromatic rings. The van der Waals surface area contributed by atoms with Crippen LogP contribution in [0.5, 0.6) is 0 Å². The molecule has 0 amide bonds. The van der Waals surface area contributed by atoms with Crippen LogP contribution >= 0.6 is 0 Å². The number of nitrogens with one attached hydrogen (secondary N) is 2. The van der Waals surface area contributed by atoms with E-state index in [-0.39, 0.29) is 0 Å². The van der Waals surface area contributed by atoms with Crippen molar-refractivity contribution in [1.82, 2.24) is 15.2 Å². The number of anilines is 1. The van der Waals surface area contributed by atoms with Crippen LogP contribution in [0, 0.1) is 6.92 Å². The standard InChI is InChI=1S/C16H16N4/c1-3-9-17-13-10-11(2)18-16-14(19-20-15(13)16)12-7-5-4-6-8-12/h3-8,10H,1,9H2,2H3,(H,17,18)(H,19,20).